The van der Waals surface area contributed by atoms with Gasteiger partial charge in [-0.2, -0.15) is 0 Å². The first kappa shape index (κ1) is 68.3. The molecule has 6 heteroatoms. The fraction of sp³-hybridized carbons (Fsp3) is 0.785. The van der Waals surface area contributed by atoms with E-state index >= 15 is 0 Å². The van der Waals surface area contributed by atoms with E-state index in [9.17, 15) is 19.8 Å². The molecule has 0 saturated carbocycles. The van der Waals surface area contributed by atoms with Crippen LogP contribution in [-0.2, 0) is 14.3 Å². The normalized spacial score (nSPS) is 13.6. The maximum atomic E-state index is 13.3. The highest BCUT2D eigenvalue weighted by molar-refractivity contribution is 5.77. The molecule has 0 bridgehead atoms. The number of amides is 1. The Morgan fingerprint density at radius 2 is 0.775 bits per heavy atom. The number of esters is 1. The third-order valence-corrected chi connectivity index (χ3v) is 13.9. The number of carbonyl (C=O) groups excluding carboxylic acids is 2. The fourth-order valence-electron chi connectivity index (χ4n) is 9.18. The summed E-state index contributed by atoms with van der Waals surface area (Å²) >= 11 is 0. The van der Waals surface area contributed by atoms with Gasteiger partial charge in [0.25, 0.3) is 0 Å². The lowest BCUT2D eigenvalue weighted by Crippen LogP contribution is -2.46. The molecule has 0 rings (SSSR count). The summed E-state index contributed by atoms with van der Waals surface area (Å²) in [5.74, 6) is -0.500. The average Bonchev–Trinajstić information content (AvgIpc) is 3.36. The van der Waals surface area contributed by atoms with E-state index in [-0.39, 0.29) is 24.9 Å². The molecular weight excluding hydrogens is 875 g/mol. The van der Waals surface area contributed by atoms with E-state index < -0.39 is 18.2 Å². The van der Waals surface area contributed by atoms with Crippen molar-refractivity contribution in [1.82, 2.24) is 5.32 Å². The van der Waals surface area contributed by atoms with Crippen molar-refractivity contribution in [3.05, 3.63) is 72.9 Å². The smallest absolute Gasteiger partial charge is 0.306 e. The van der Waals surface area contributed by atoms with Gasteiger partial charge in [-0.25, -0.2) is 0 Å². The van der Waals surface area contributed by atoms with Crippen LogP contribution in [0.3, 0.4) is 0 Å². The molecule has 0 spiro atoms. The first-order chi connectivity index (χ1) is 35.0. The standard InChI is InChI=1S/C65H117NO5/c1-4-7-10-13-16-19-22-25-28-31-34-37-40-43-46-49-52-55-58-65(70)71-61(56-53-50-47-44-41-38-35-32-29-26-23-20-17-14-11-8-5-2)59-64(69)66-62(60-67)63(68)57-54-51-48-45-42-39-36-33-30-27-24-21-18-15-12-9-6-3/h16-17,19-20,22,25-26,28-29,31,34,37,61-63,67-68H,4-15,18,21,23-24,27,30,32-33,35-36,38-60H2,1-3H3,(H,66,69)/b19-16+,20-17-,25-22+,29-26-,31-28+,37-34+. The first-order valence-electron chi connectivity index (χ1n) is 30.7. The van der Waals surface area contributed by atoms with Crippen LogP contribution >= 0.6 is 0 Å². The highest BCUT2D eigenvalue weighted by Gasteiger charge is 2.24. The van der Waals surface area contributed by atoms with Gasteiger partial charge in [0.15, 0.2) is 0 Å². The molecule has 0 heterocycles. The van der Waals surface area contributed by atoms with E-state index in [1.165, 1.54) is 161 Å². The van der Waals surface area contributed by atoms with E-state index in [0.717, 1.165) is 96.3 Å². The van der Waals surface area contributed by atoms with Gasteiger partial charge >= 0.3 is 5.97 Å². The van der Waals surface area contributed by atoms with Crippen LogP contribution in [0.5, 0.6) is 0 Å². The zero-order valence-corrected chi connectivity index (χ0v) is 47.1. The lowest BCUT2D eigenvalue weighted by Gasteiger charge is -2.24. The average molecular weight is 993 g/mol. The number of unbranched alkanes of at least 4 members (excludes halogenated alkanes) is 34. The third kappa shape index (κ3) is 53.4. The Labute approximate surface area is 441 Å². The highest BCUT2D eigenvalue weighted by Crippen LogP contribution is 2.18. The number of aliphatic hydroxyl groups excluding tert-OH is 2. The van der Waals surface area contributed by atoms with Gasteiger partial charge in [0.2, 0.25) is 5.91 Å². The summed E-state index contributed by atoms with van der Waals surface area (Å²) in [6.07, 6.45) is 75.3. The molecule has 0 saturated heterocycles. The quantitative estimate of drug-likeness (QED) is 0.0244. The van der Waals surface area contributed by atoms with E-state index in [1.54, 1.807) is 0 Å². The minimum absolute atomic E-state index is 0.0609. The minimum Gasteiger partial charge on any atom is -0.462 e. The molecule has 1 amide bonds. The number of allylic oxidation sites excluding steroid dienone is 12. The van der Waals surface area contributed by atoms with Crippen molar-refractivity contribution in [3.63, 3.8) is 0 Å². The number of nitrogens with one attached hydrogen (secondary N) is 1. The van der Waals surface area contributed by atoms with Crippen molar-refractivity contribution in [2.24, 2.45) is 0 Å². The Morgan fingerprint density at radius 3 is 1.23 bits per heavy atom. The van der Waals surface area contributed by atoms with Gasteiger partial charge in [0.1, 0.15) is 6.10 Å². The summed E-state index contributed by atoms with van der Waals surface area (Å²) in [4.78, 5) is 26.4. The Morgan fingerprint density at radius 1 is 0.423 bits per heavy atom. The summed E-state index contributed by atoms with van der Waals surface area (Å²) in [5.41, 5.74) is 0. The molecule has 0 fully saturated rings. The van der Waals surface area contributed by atoms with Crippen molar-refractivity contribution < 1.29 is 24.5 Å². The summed E-state index contributed by atoms with van der Waals surface area (Å²) < 4.78 is 5.97. The van der Waals surface area contributed by atoms with Crippen LogP contribution in [0.1, 0.15) is 303 Å². The van der Waals surface area contributed by atoms with Crippen LogP contribution in [0.2, 0.25) is 0 Å². The van der Waals surface area contributed by atoms with Gasteiger partial charge in [0, 0.05) is 6.42 Å². The van der Waals surface area contributed by atoms with E-state index in [1.807, 2.05) is 0 Å². The third-order valence-electron chi connectivity index (χ3n) is 13.9. The summed E-state index contributed by atoms with van der Waals surface area (Å²) in [6, 6.07) is -0.714. The van der Waals surface area contributed by atoms with Crippen LogP contribution in [0.15, 0.2) is 72.9 Å². The molecular formula is C65H117NO5. The molecule has 0 aliphatic heterocycles. The van der Waals surface area contributed by atoms with Gasteiger partial charge in [-0.1, -0.05) is 280 Å². The molecule has 0 aromatic heterocycles. The van der Waals surface area contributed by atoms with Crippen LogP contribution in [0.25, 0.3) is 0 Å². The number of aliphatic hydroxyl groups is 2. The second-order valence-corrected chi connectivity index (χ2v) is 20.8. The Bertz CT molecular complexity index is 1300. The van der Waals surface area contributed by atoms with E-state index in [0.29, 0.717) is 19.3 Å². The lowest BCUT2D eigenvalue weighted by atomic mass is 10.0. The van der Waals surface area contributed by atoms with Crippen molar-refractivity contribution in [2.45, 2.75) is 322 Å². The molecule has 71 heavy (non-hydrogen) atoms. The lowest BCUT2D eigenvalue weighted by molar-refractivity contribution is -0.151. The van der Waals surface area contributed by atoms with Gasteiger partial charge in [0.05, 0.1) is 25.2 Å². The van der Waals surface area contributed by atoms with Gasteiger partial charge in [-0.05, 0) is 83.5 Å². The molecule has 0 aromatic rings. The zero-order valence-electron chi connectivity index (χ0n) is 47.1. The van der Waals surface area contributed by atoms with Gasteiger partial charge in [-0.15, -0.1) is 0 Å². The van der Waals surface area contributed by atoms with Gasteiger partial charge in [-0.3, -0.25) is 9.59 Å². The largest absolute Gasteiger partial charge is 0.462 e. The monoisotopic (exact) mass is 992 g/mol. The predicted molar refractivity (Wildman–Crippen MR) is 310 cm³/mol. The van der Waals surface area contributed by atoms with Crippen LogP contribution in [0.4, 0.5) is 0 Å². The van der Waals surface area contributed by atoms with Crippen LogP contribution in [0, 0.1) is 0 Å². The summed E-state index contributed by atoms with van der Waals surface area (Å²) in [7, 11) is 0. The SMILES string of the molecule is CCCCC/C=C\C/C=C\CCCCCCCCCC(CC(=O)NC(CO)C(O)CCCCCCCCCCCCCCCCCCC)OC(=O)CCCCCCC/C=C/C=C/C=C/C=C/CCCCC. The van der Waals surface area contributed by atoms with Crippen LogP contribution < -0.4 is 5.32 Å². The molecule has 6 nitrogen and oxygen atoms in total. The molecule has 412 valence electrons. The predicted octanol–water partition coefficient (Wildman–Crippen LogP) is 19.3. The number of ether oxygens (including phenoxy) is 1. The van der Waals surface area contributed by atoms with Crippen molar-refractivity contribution in [3.8, 4) is 0 Å². The van der Waals surface area contributed by atoms with Crippen molar-refractivity contribution in [2.75, 3.05) is 6.61 Å². The summed E-state index contributed by atoms with van der Waals surface area (Å²) in [6.45, 7) is 6.45. The Hall–Kier alpha value is -2.70. The first-order valence-corrected chi connectivity index (χ1v) is 30.7. The van der Waals surface area contributed by atoms with Crippen molar-refractivity contribution in [1.29, 1.82) is 0 Å². The maximum Gasteiger partial charge on any atom is 0.306 e. The molecule has 0 radical (unpaired) electrons. The Kier molecular flexibility index (Phi) is 56.0. The molecule has 0 aliphatic carbocycles. The number of hydrogen-bond donors (Lipinski definition) is 3. The summed E-state index contributed by atoms with van der Waals surface area (Å²) in [5, 5.41) is 24.0. The fourth-order valence-corrected chi connectivity index (χ4v) is 9.18. The van der Waals surface area contributed by atoms with E-state index in [4.69, 9.17) is 4.74 Å². The molecule has 0 aromatic carbocycles. The molecule has 3 atom stereocenters. The topological polar surface area (TPSA) is 95.9 Å². The van der Waals surface area contributed by atoms with Crippen LogP contribution in [-0.4, -0.2) is 46.9 Å². The minimum atomic E-state index is -0.799. The van der Waals surface area contributed by atoms with E-state index in [2.05, 4.69) is 99.0 Å². The second kappa shape index (κ2) is 58.2. The molecule has 0 aliphatic rings. The second-order valence-electron chi connectivity index (χ2n) is 20.8. The van der Waals surface area contributed by atoms with Crippen molar-refractivity contribution >= 4 is 11.9 Å². The van der Waals surface area contributed by atoms with Gasteiger partial charge < -0.3 is 20.3 Å². The molecule has 3 unspecified atom stereocenters. The zero-order chi connectivity index (χ0) is 51.6. The molecule has 3 N–H and O–H groups in total. The number of carbonyl (C=O) groups is 2. The maximum absolute atomic E-state index is 13.3. The Balaban J connectivity index is 4.61. The number of rotatable bonds is 55. The number of hydrogen-bond acceptors (Lipinski definition) is 5. The highest BCUT2D eigenvalue weighted by atomic mass is 16.5.